The molecule has 0 aromatic rings. The van der Waals surface area contributed by atoms with Crippen molar-refractivity contribution in [2.45, 2.75) is 51.3 Å². The molecule has 0 radical (unpaired) electrons. The van der Waals surface area contributed by atoms with Crippen molar-refractivity contribution in [3.8, 4) is 0 Å². The van der Waals surface area contributed by atoms with Gasteiger partial charge in [0.2, 0.25) is 6.29 Å². The summed E-state index contributed by atoms with van der Waals surface area (Å²) in [6.45, 7) is 13.8. The second-order valence-electron chi connectivity index (χ2n) is 7.04. The van der Waals surface area contributed by atoms with Gasteiger partial charge in [0.25, 0.3) is 0 Å². The van der Waals surface area contributed by atoms with Crippen LogP contribution in [0.25, 0.3) is 0 Å². The molecule has 0 bridgehead atoms. The van der Waals surface area contributed by atoms with Gasteiger partial charge in [-0.3, -0.25) is 0 Å². The molecule has 2 atom stereocenters. The van der Waals surface area contributed by atoms with Crippen LogP contribution in [-0.4, -0.2) is 50.2 Å². The second-order valence-corrected chi connectivity index (χ2v) is 12.2. The highest BCUT2D eigenvalue weighted by Gasteiger charge is 2.44. The molecule has 0 saturated carbocycles. The van der Waals surface area contributed by atoms with Gasteiger partial charge in [-0.25, -0.2) is 9.59 Å². The molecule has 8 heteroatoms. The number of hydrogen-bond acceptors (Lipinski definition) is 6. The summed E-state index contributed by atoms with van der Waals surface area (Å²) >= 11 is 5.52. The van der Waals surface area contributed by atoms with Crippen LogP contribution in [0.5, 0.6) is 0 Å². The number of aliphatic hydroxyl groups excluding tert-OH is 1. The number of cyclic esters (lactones) is 1. The summed E-state index contributed by atoms with van der Waals surface area (Å²) in [6, 6.07) is 0. The van der Waals surface area contributed by atoms with Crippen molar-refractivity contribution in [3.05, 3.63) is 23.8 Å². The van der Waals surface area contributed by atoms with Gasteiger partial charge in [0.1, 0.15) is 12.7 Å². The summed E-state index contributed by atoms with van der Waals surface area (Å²) in [6.07, 6.45) is -1.33. The van der Waals surface area contributed by atoms with E-state index in [0.29, 0.717) is 0 Å². The molecule has 0 saturated heterocycles. The Morgan fingerprint density at radius 1 is 1.50 bits per heavy atom. The summed E-state index contributed by atoms with van der Waals surface area (Å²) in [5.74, 6) is -1.23. The first-order valence-corrected chi connectivity index (χ1v) is 11.0. The predicted octanol–water partition coefficient (Wildman–Crippen LogP) is 2.52. The molecule has 0 aromatic heterocycles. The first-order valence-electron chi connectivity index (χ1n) is 7.60. The van der Waals surface area contributed by atoms with E-state index < -0.39 is 32.6 Å². The van der Waals surface area contributed by atoms with E-state index in [2.05, 4.69) is 6.58 Å². The fourth-order valence-electron chi connectivity index (χ4n) is 1.77. The lowest BCUT2D eigenvalue weighted by Crippen LogP contribution is -2.46. The number of carbonyl (C=O) groups is 2. The van der Waals surface area contributed by atoms with E-state index in [1.54, 1.807) is 0 Å². The Kier molecular flexibility index (Phi) is 6.81. The number of hydrogen-bond donors (Lipinski definition) is 1. The van der Waals surface area contributed by atoms with Gasteiger partial charge in [0.05, 0.1) is 11.5 Å². The van der Waals surface area contributed by atoms with E-state index in [1.165, 1.54) is 0 Å². The third kappa shape index (κ3) is 4.92. The highest BCUT2D eigenvalue weighted by atomic mass is 35.5. The minimum Gasteiger partial charge on any atom is -0.461 e. The van der Waals surface area contributed by atoms with Gasteiger partial charge in [-0.15, -0.1) is 11.6 Å². The lowest BCUT2D eigenvalue weighted by molar-refractivity contribution is -0.151. The van der Waals surface area contributed by atoms with Gasteiger partial charge in [0.15, 0.2) is 8.32 Å². The average molecular weight is 377 g/mol. The van der Waals surface area contributed by atoms with Gasteiger partial charge in [-0.1, -0.05) is 27.4 Å². The molecule has 0 spiro atoms. The Hall–Kier alpha value is -1.15. The monoisotopic (exact) mass is 376 g/mol. The number of ether oxygens (including phenoxy) is 2. The van der Waals surface area contributed by atoms with Gasteiger partial charge in [-0.05, 0) is 18.1 Å². The smallest absolute Gasteiger partial charge is 0.336 e. The van der Waals surface area contributed by atoms with E-state index in [-0.39, 0.29) is 28.7 Å². The van der Waals surface area contributed by atoms with Crippen LogP contribution >= 0.6 is 11.6 Å². The highest BCUT2D eigenvalue weighted by molar-refractivity contribution is 6.74. The Morgan fingerprint density at radius 2 is 2.08 bits per heavy atom. The maximum Gasteiger partial charge on any atom is 0.336 e. The lowest BCUT2D eigenvalue weighted by Gasteiger charge is -2.39. The van der Waals surface area contributed by atoms with Crippen molar-refractivity contribution in [2.24, 2.45) is 0 Å². The van der Waals surface area contributed by atoms with Crippen molar-refractivity contribution in [1.82, 2.24) is 0 Å². The van der Waals surface area contributed by atoms with Crippen LogP contribution in [0.15, 0.2) is 23.8 Å². The molecule has 0 aliphatic carbocycles. The van der Waals surface area contributed by atoms with Gasteiger partial charge in [0, 0.05) is 11.6 Å². The van der Waals surface area contributed by atoms with Crippen LogP contribution in [0.1, 0.15) is 20.8 Å². The van der Waals surface area contributed by atoms with Crippen molar-refractivity contribution < 1.29 is 28.6 Å². The van der Waals surface area contributed by atoms with Crippen molar-refractivity contribution in [1.29, 1.82) is 0 Å². The maximum absolute atomic E-state index is 12.1. The molecule has 24 heavy (non-hydrogen) atoms. The van der Waals surface area contributed by atoms with E-state index >= 15 is 0 Å². The predicted molar refractivity (Wildman–Crippen MR) is 93.1 cm³/mol. The normalized spacial score (nSPS) is 19.5. The zero-order chi connectivity index (χ0) is 18.7. The van der Waals surface area contributed by atoms with Crippen LogP contribution in [0.4, 0.5) is 0 Å². The minimum atomic E-state index is -2.34. The number of rotatable bonds is 7. The molecule has 1 aliphatic rings. The van der Waals surface area contributed by atoms with Crippen molar-refractivity contribution >= 4 is 31.9 Å². The van der Waals surface area contributed by atoms with Crippen molar-refractivity contribution in [3.63, 3.8) is 0 Å². The molecule has 2 unspecified atom stereocenters. The minimum absolute atomic E-state index is 0.00598. The molecule has 1 aliphatic heterocycles. The van der Waals surface area contributed by atoms with Gasteiger partial charge < -0.3 is 19.0 Å². The number of carbonyl (C=O) groups excluding carboxylic acids is 2. The van der Waals surface area contributed by atoms with Crippen LogP contribution in [-0.2, 0) is 23.5 Å². The molecule has 136 valence electrons. The third-order valence-electron chi connectivity index (χ3n) is 4.21. The lowest BCUT2D eigenvalue weighted by atomic mass is 10.0. The quantitative estimate of drug-likeness (QED) is 0.318. The Labute approximate surface area is 148 Å². The van der Waals surface area contributed by atoms with E-state index in [4.69, 9.17) is 25.5 Å². The molecule has 6 nitrogen and oxygen atoms in total. The van der Waals surface area contributed by atoms with Gasteiger partial charge in [-0.2, -0.15) is 0 Å². The first-order chi connectivity index (χ1) is 10.9. The third-order valence-corrected chi connectivity index (χ3v) is 8.80. The fourth-order valence-corrected chi connectivity index (χ4v) is 3.07. The zero-order valence-electron chi connectivity index (χ0n) is 14.7. The average Bonchev–Trinajstić information content (AvgIpc) is 2.78. The summed E-state index contributed by atoms with van der Waals surface area (Å²) in [4.78, 5) is 23.6. The molecule has 1 N–H and O–H groups in total. The summed E-state index contributed by atoms with van der Waals surface area (Å²) < 4.78 is 15.9. The van der Waals surface area contributed by atoms with Gasteiger partial charge >= 0.3 is 11.9 Å². The first kappa shape index (κ1) is 20.9. The summed E-state index contributed by atoms with van der Waals surface area (Å²) in [7, 11) is -2.34. The van der Waals surface area contributed by atoms with Crippen molar-refractivity contribution in [2.75, 3.05) is 12.5 Å². The molecular weight excluding hydrogens is 352 g/mol. The second kappa shape index (κ2) is 7.82. The molecule has 0 aromatic carbocycles. The maximum atomic E-state index is 12.1. The Morgan fingerprint density at radius 3 is 2.50 bits per heavy atom. The van der Waals surface area contributed by atoms with Crippen LogP contribution in [0.3, 0.4) is 0 Å². The fraction of sp³-hybridized carbons (Fsp3) is 0.625. The molecular formula is C16H25ClO6Si. The van der Waals surface area contributed by atoms with Crippen LogP contribution in [0.2, 0.25) is 18.1 Å². The van der Waals surface area contributed by atoms with E-state index in [1.807, 2.05) is 33.9 Å². The van der Waals surface area contributed by atoms with Crippen LogP contribution in [0, 0.1) is 0 Å². The standard InChI is InChI=1S/C16H25ClO6Si/c1-10(14(19)21-8-7-17)13(11-9-12(18)22-15(11)20)23-24(5,6)16(2,3)4/h9,13,15,20H,1,7-8H2,2-6H3. The van der Waals surface area contributed by atoms with E-state index in [0.717, 1.165) is 6.08 Å². The molecule has 0 amide bonds. The summed E-state index contributed by atoms with van der Waals surface area (Å²) in [5, 5.41) is 9.79. The molecule has 1 rings (SSSR count). The van der Waals surface area contributed by atoms with E-state index in [9.17, 15) is 14.7 Å². The number of aliphatic hydroxyl groups is 1. The SMILES string of the molecule is C=C(C(=O)OCCCl)C(O[Si](C)(C)C(C)(C)C)C1=CC(=O)OC1O. The number of halogens is 1. The topological polar surface area (TPSA) is 82.1 Å². The Balaban J connectivity index is 3.14. The number of esters is 2. The van der Waals surface area contributed by atoms with Crippen LogP contribution < -0.4 is 0 Å². The largest absolute Gasteiger partial charge is 0.461 e. The number of alkyl halides is 1. The Bertz CT molecular complexity index is 549. The zero-order valence-corrected chi connectivity index (χ0v) is 16.5. The molecule has 0 fully saturated rings. The summed E-state index contributed by atoms with van der Waals surface area (Å²) in [5.41, 5.74) is 0.145. The molecule has 1 heterocycles. The highest BCUT2D eigenvalue weighted by Crippen LogP contribution is 2.39.